The van der Waals surface area contributed by atoms with Crippen molar-refractivity contribution in [3.8, 4) is 0 Å². The van der Waals surface area contributed by atoms with Crippen molar-refractivity contribution < 1.29 is 4.92 Å². The van der Waals surface area contributed by atoms with E-state index in [0.29, 0.717) is 10.7 Å². The minimum atomic E-state index is -0.544. The Labute approximate surface area is 79.6 Å². The van der Waals surface area contributed by atoms with Gasteiger partial charge in [0.1, 0.15) is 11.4 Å². The highest BCUT2D eigenvalue weighted by Crippen LogP contribution is 2.33. The zero-order valence-electron chi connectivity index (χ0n) is 6.87. The molecule has 5 nitrogen and oxygen atoms in total. The average Bonchev–Trinajstić information content (AvgIpc) is 2.01. The number of nitro benzene ring substituents is 1. The van der Waals surface area contributed by atoms with Crippen molar-refractivity contribution in [1.82, 2.24) is 0 Å². The number of anilines is 2. The van der Waals surface area contributed by atoms with E-state index in [9.17, 15) is 10.1 Å². The summed E-state index contributed by atoms with van der Waals surface area (Å²) in [5, 5.41) is 13.6. The fourth-order valence-corrected chi connectivity index (χ4v) is 1.24. The summed E-state index contributed by atoms with van der Waals surface area (Å²) >= 11 is 5.66. The first-order valence-electron chi connectivity index (χ1n) is 3.47. The Kier molecular flexibility index (Phi) is 2.57. The zero-order chi connectivity index (χ0) is 10.0. The van der Waals surface area contributed by atoms with Gasteiger partial charge in [-0.05, 0) is 12.1 Å². The number of nitrogens with zero attached hydrogens (tertiary/aromatic N) is 1. The highest BCUT2D eigenvalue weighted by Gasteiger charge is 2.17. The molecule has 70 valence electrons. The number of hydrogen-bond acceptors (Lipinski definition) is 4. The Morgan fingerprint density at radius 2 is 2.23 bits per heavy atom. The van der Waals surface area contributed by atoms with E-state index in [-0.39, 0.29) is 11.4 Å². The third kappa shape index (κ3) is 1.81. The van der Waals surface area contributed by atoms with Gasteiger partial charge in [-0.1, -0.05) is 11.6 Å². The number of nitro groups is 1. The minimum Gasteiger partial charge on any atom is -0.393 e. The molecule has 0 spiro atoms. The van der Waals surface area contributed by atoms with Crippen LogP contribution in [0.5, 0.6) is 0 Å². The second kappa shape index (κ2) is 3.49. The van der Waals surface area contributed by atoms with Gasteiger partial charge in [0.25, 0.3) is 0 Å². The van der Waals surface area contributed by atoms with Crippen molar-refractivity contribution in [2.75, 3.05) is 18.1 Å². The standard InChI is InChI=1S/C7H8ClN3O2/c1-10-6-3-4(8)2-5(9)7(6)11(12)13/h2-3,10H,9H2,1H3. The molecule has 1 aromatic rings. The summed E-state index contributed by atoms with van der Waals surface area (Å²) in [5.41, 5.74) is 5.66. The molecule has 0 fully saturated rings. The van der Waals surface area contributed by atoms with E-state index in [2.05, 4.69) is 5.32 Å². The summed E-state index contributed by atoms with van der Waals surface area (Å²) in [6, 6.07) is 2.80. The van der Waals surface area contributed by atoms with Gasteiger partial charge >= 0.3 is 5.69 Å². The monoisotopic (exact) mass is 201 g/mol. The van der Waals surface area contributed by atoms with Crippen LogP contribution in [0.3, 0.4) is 0 Å². The molecule has 0 aliphatic carbocycles. The van der Waals surface area contributed by atoms with Crippen LogP contribution in [0.2, 0.25) is 5.02 Å². The van der Waals surface area contributed by atoms with Crippen molar-refractivity contribution in [1.29, 1.82) is 0 Å². The van der Waals surface area contributed by atoms with Gasteiger partial charge in [-0.3, -0.25) is 10.1 Å². The van der Waals surface area contributed by atoms with Crippen LogP contribution in [0.1, 0.15) is 0 Å². The molecule has 3 N–H and O–H groups in total. The summed E-state index contributed by atoms with van der Waals surface area (Å²) in [4.78, 5) is 10.0. The van der Waals surface area contributed by atoms with Crippen molar-refractivity contribution in [3.63, 3.8) is 0 Å². The first kappa shape index (κ1) is 9.60. The van der Waals surface area contributed by atoms with Gasteiger partial charge in [-0.15, -0.1) is 0 Å². The maximum atomic E-state index is 10.6. The Morgan fingerprint density at radius 3 is 2.69 bits per heavy atom. The lowest BCUT2D eigenvalue weighted by Crippen LogP contribution is -2.00. The summed E-state index contributed by atoms with van der Waals surface area (Å²) in [6.07, 6.45) is 0. The highest BCUT2D eigenvalue weighted by molar-refractivity contribution is 6.31. The molecular formula is C7H8ClN3O2. The number of nitrogens with two attached hydrogens (primary N) is 1. The van der Waals surface area contributed by atoms with Crippen LogP contribution in [-0.2, 0) is 0 Å². The van der Waals surface area contributed by atoms with Crippen LogP contribution < -0.4 is 11.1 Å². The molecule has 0 saturated carbocycles. The van der Waals surface area contributed by atoms with Crippen LogP contribution in [-0.4, -0.2) is 12.0 Å². The van der Waals surface area contributed by atoms with Gasteiger partial charge in [-0.2, -0.15) is 0 Å². The van der Waals surface area contributed by atoms with E-state index in [4.69, 9.17) is 17.3 Å². The molecule has 0 heterocycles. The second-order valence-corrected chi connectivity index (χ2v) is 2.83. The molecule has 0 aliphatic rings. The lowest BCUT2D eigenvalue weighted by atomic mass is 10.2. The Balaban J connectivity index is 3.38. The second-order valence-electron chi connectivity index (χ2n) is 2.40. The molecule has 0 aromatic heterocycles. The molecule has 0 unspecified atom stereocenters. The van der Waals surface area contributed by atoms with Gasteiger partial charge in [0.15, 0.2) is 0 Å². The van der Waals surface area contributed by atoms with Crippen LogP contribution in [0.25, 0.3) is 0 Å². The molecular weight excluding hydrogens is 194 g/mol. The molecule has 0 atom stereocenters. The molecule has 0 saturated heterocycles. The molecule has 0 bridgehead atoms. The number of rotatable bonds is 2. The minimum absolute atomic E-state index is 0.0573. The number of nitrogen functional groups attached to an aromatic ring is 1. The van der Waals surface area contributed by atoms with E-state index in [1.54, 1.807) is 7.05 Å². The molecule has 0 aliphatic heterocycles. The molecule has 6 heteroatoms. The van der Waals surface area contributed by atoms with Crippen molar-refractivity contribution in [3.05, 3.63) is 27.3 Å². The third-order valence-corrected chi connectivity index (χ3v) is 1.77. The van der Waals surface area contributed by atoms with Gasteiger partial charge in [0.2, 0.25) is 0 Å². The number of hydrogen-bond donors (Lipinski definition) is 2. The predicted molar refractivity (Wildman–Crippen MR) is 52.1 cm³/mol. The first-order valence-corrected chi connectivity index (χ1v) is 3.85. The number of nitrogens with one attached hydrogen (secondary N) is 1. The van der Waals surface area contributed by atoms with E-state index in [1.807, 2.05) is 0 Å². The Hall–Kier alpha value is -1.49. The smallest absolute Gasteiger partial charge is 0.315 e. The van der Waals surface area contributed by atoms with E-state index < -0.39 is 4.92 Å². The first-order chi connectivity index (χ1) is 6.06. The quantitative estimate of drug-likeness (QED) is 0.435. The average molecular weight is 202 g/mol. The van der Waals surface area contributed by atoms with Gasteiger partial charge in [0, 0.05) is 12.1 Å². The normalized spacial score (nSPS) is 9.69. The predicted octanol–water partition coefficient (Wildman–Crippen LogP) is 1.87. The topological polar surface area (TPSA) is 81.2 Å². The summed E-state index contributed by atoms with van der Waals surface area (Å²) in [5.74, 6) is 0. The van der Waals surface area contributed by atoms with Crippen molar-refractivity contribution >= 4 is 28.7 Å². The van der Waals surface area contributed by atoms with Gasteiger partial charge in [-0.25, -0.2) is 0 Å². The summed E-state index contributed by atoms with van der Waals surface area (Å²) in [6.45, 7) is 0. The van der Waals surface area contributed by atoms with Crippen LogP contribution >= 0.6 is 11.6 Å². The molecule has 0 amide bonds. The maximum Gasteiger partial charge on any atom is 0.315 e. The highest BCUT2D eigenvalue weighted by atomic mass is 35.5. The lowest BCUT2D eigenvalue weighted by molar-refractivity contribution is -0.383. The van der Waals surface area contributed by atoms with E-state index in [0.717, 1.165) is 0 Å². The fraction of sp³-hybridized carbons (Fsp3) is 0.143. The van der Waals surface area contributed by atoms with Crippen molar-refractivity contribution in [2.45, 2.75) is 0 Å². The lowest BCUT2D eigenvalue weighted by Gasteiger charge is -2.04. The van der Waals surface area contributed by atoms with Gasteiger partial charge < -0.3 is 11.1 Å². The molecule has 13 heavy (non-hydrogen) atoms. The third-order valence-electron chi connectivity index (χ3n) is 1.56. The van der Waals surface area contributed by atoms with Crippen LogP contribution in [0.15, 0.2) is 12.1 Å². The van der Waals surface area contributed by atoms with Crippen LogP contribution in [0, 0.1) is 10.1 Å². The maximum absolute atomic E-state index is 10.6. The Bertz CT molecular complexity index is 354. The summed E-state index contributed by atoms with van der Waals surface area (Å²) in [7, 11) is 1.57. The number of halogens is 1. The fourth-order valence-electron chi connectivity index (χ4n) is 1.01. The summed E-state index contributed by atoms with van der Waals surface area (Å²) < 4.78 is 0. The van der Waals surface area contributed by atoms with Crippen molar-refractivity contribution in [2.24, 2.45) is 0 Å². The van der Waals surface area contributed by atoms with E-state index in [1.165, 1.54) is 12.1 Å². The Morgan fingerprint density at radius 1 is 1.62 bits per heavy atom. The van der Waals surface area contributed by atoms with E-state index >= 15 is 0 Å². The SMILES string of the molecule is CNc1cc(Cl)cc(N)c1[N+](=O)[O-]. The number of benzene rings is 1. The molecule has 1 aromatic carbocycles. The van der Waals surface area contributed by atoms with Gasteiger partial charge in [0.05, 0.1) is 4.92 Å². The molecule has 1 rings (SSSR count). The largest absolute Gasteiger partial charge is 0.393 e. The van der Waals surface area contributed by atoms with Crippen LogP contribution in [0.4, 0.5) is 17.1 Å². The molecule has 0 radical (unpaired) electrons. The zero-order valence-corrected chi connectivity index (χ0v) is 7.63.